The number of hydrogen-bond donors (Lipinski definition) is 2. The van der Waals surface area contributed by atoms with Crippen LogP contribution in [-0.2, 0) is 14.8 Å². The van der Waals surface area contributed by atoms with Gasteiger partial charge in [-0.25, -0.2) is 13.6 Å². The van der Waals surface area contributed by atoms with Crippen LogP contribution in [0.4, 0.5) is 11.4 Å². The molecule has 6 nitrogen and oxygen atoms in total. The molecule has 1 aliphatic rings. The fourth-order valence-electron chi connectivity index (χ4n) is 2.53. The molecule has 7 heteroatoms. The number of primary sulfonamides is 1. The van der Waals surface area contributed by atoms with E-state index in [4.69, 9.17) is 15.6 Å². The van der Waals surface area contributed by atoms with Gasteiger partial charge in [0.1, 0.15) is 0 Å². The summed E-state index contributed by atoms with van der Waals surface area (Å²) >= 11 is 0. The zero-order valence-corrected chi connectivity index (χ0v) is 13.3. The first-order chi connectivity index (χ1) is 9.82. The molecule has 1 saturated carbocycles. The Bertz CT molecular complexity index is 599. The van der Waals surface area contributed by atoms with E-state index in [1.54, 1.807) is 19.2 Å². The van der Waals surface area contributed by atoms with E-state index in [1.807, 2.05) is 0 Å². The minimum Gasteiger partial charge on any atom is -0.399 e. The molecule has 1 fully saturated rings. The van der Waals surface area contributed by atoms with Crippen molar-refractivity contribution < 1.29 is 13.2 Å². The lowest BCUT2D eigenvalue weighted by Gasteiger charge is -2.32. The highest BCUT2D eigenvalue weighted by Crippen LogP contribution is 2.37. The zero-order valence-electron chi connectivity index (χ0n) is 12.5. The lowest BCUT2D eigenvalue weighted by Crippen LogP contribution is -2.37. The summed E-state index contributed by atoms with van der Waals surface area (Å²) in [5.74, 6) is 0.640. The quantitative estimate of drug-likeness (QED) is 0.736. The molecule has 2 rings (SSSR count). The van der Waals surface area contributed by atoms with Gasteiger partial charge in [0.05, 0.1) is 11.5 Å². The summed E-state index contributed by atoms with van der Waals surface area (Å²) in [5.41, 5.74) is 7.00. The number of ether oxygens (including phenoxy) is 1. The topological polar surface area (TPSA) is 98.7 Å². The molecule has 1 aromatic rings. The van der Waals surface area contributed by atoms with Gasteiger partial charge < -0.3 is 15.4 Å². The van der Waals surface area contributed by atoms with E-state index >= 15 is 0 Å². The maximum atomic E-state index is 11.6. The summed E-state index contributed by atoms with van der Waals surface area (Å²) in [6.45, 7) is 3.39. The summed E-state index contributed by atoms with van der Waals surface area (Å²) in [5, 5.41) is 5.22. The minimum absolute atomic E-state index is 0.0444. The number of nitrogen functional groups attached to an aromatic ring is 1. The van der Waals surface area contributed by atoms with Crippen molar-refractivity contribution in [3.05, 3.63) is 18.2 Å². The van der Waals surface area contributed by atoms with Crippen molar-refractivity contribution in [3.63, 3.8) is 0 Å². The largest absolute Gasteiger partial charge is 0.399 e. The number of nitrogens with zero attached hydrogens (tertiary/aromatic N) is 1. The monoisotopic (exact) mass is 313 g/mol. The standard InChI is InChI=1S/C14H23N3O3S/c1-10(11-3-4-11)17(5-6-20-2)13-7-12(15)8-14(9-13)21(16,18)19/h7-11H,3-6,15H2,1-2H3,(H2,16,18,19). The van der Waals surface area contributed by atoms with Gasteiger partial charge in [0.25, 0.3) is 0 Å². The van der Waals surface area contributed by atoms with Gasteiger partial charge in [-0.15, -0.1) is 0 Å². The maximum absolute atomic E-state index is 11.6. The normalized spacial score (nSPS) is 16.7. The number of sulfonamides is 1. The first kappa shape index (κ1) is 16.1. The van der Waals surface area contributed by atoms with Crippen LogP contribution in [0.5, 0.6) is 0 Å². The van der Waals surface area contributed by atoms with Gasteiger partial charge in [-0.05, 0) is 43.9 Å². The lowest BCUT2D eigenvalue weighted by atomic mass is 10.1. The molecular weight excluding hydrogens is 290 g/mol. The molecule has 0 heterocycles. The second-order valence-corrected chi connectivity index (χ2v) is 7.13. The Balaban J connectivity index is 2.36. The number of rotatable bonds is 7. The van der Waals surface area contributed by atoms with Gasteiger partial charge in [0.15, 0.2) is 0 Å². The Kier molecular flexibility index (Phi) is 4.75. The third-order valence-corrected chi connectivity index (χ3v) is 4.80. The summed E-state index contributed by atoms with van der Waals surface area (Å²) in [7, 11) is -2.12. The van der Waals surface area contributed by atoms with Crippen LogP contribution in [0.15, 0.2) is 23.1 Å². The van der Waals surface area contributed by atoms with Gasteiger partial charge in [-0.3, -0.25) is 0 Å². The molecule has 0 amide bonds. The Labute approximate surface area is 126 Å². The van der Waals surface area contributed by atoms with Gasteiger partial charge in [-0.2, -0.15) is 0 Å². The Morgan fingerprint density at radius 3 is 2.57 bits per heavy atom. The van der Waals surface area contributed by atoms with Crippen LogP contribution in [0.1, 0.15) is 19.8 Å². The molecule has 4 N–H and O–H groups in total. The highest BCUT2D eigenvalue weighted by molar-refractivity contribution is 7.89. The number of methoxy groups -OCH3 is 1. The average Bonchev–Trinajstić information content (AvgIpc) is 3.21. The molecule has 0 spiro atoms. The average molecular weight is 313 g/mol. The Morgan fingerprint density at radius 2 is 2.05 bits per heavy atom. The van der Waals surface area contributed by atoms with Crippen molar-refractivity contribution in [3.8, 4) is 0 Å². The first-order valence-electron chi connectivity index (χ1n) is 7.02. The van der Waals surface area contributed by atoms with Crippen molar-refractivity contribution in [2.24, 2.45) is 11.1 Å². The minimum atomic E-state index is -3.77. The molecule has 21 heavy (non-hydrogen) atoms. The number of hydrogen-bond acceptors (Lipinski definition) is 5. The fourth-order valence-corrected chi connectivity index (χ4v) is 3.11. The summed E-state index contributed by atoms with van der Waals surface area (Å²) in [4.78, 5) is 2.19. The van der Waals surface area contributed by atoms with Crippen molar-refractivity contribution in [2.45, 2.75) is 30.7 Å². The molecule has 0 radical (unpaired) electrons. The van der Waals surface area contributed by atoms with Crippen molar-refractivity contribution in [1.82, 2.24) is 0 Å². The Morgan fingerprint density at radius 1 is 1.38 bits per heavy atom. The van der Waals surface area contributed by atoms with E-state index in [0.717, 1.165) is 5.69 Å². The van der Waals surface area contributed by atoms with Gasteiger partial charge in [0.2, 0.25) is 10.0 Å². The summed E-state index contributed by atoms with van der Waals surface area (Å²) < 4.78 is 28.3. The van der Waals surface area contributed by atoms with Gasteiger partial charge >= 0.3 is 0 Å². The summed E-state index contributed by atoms with van der Waals surface area (Å²) in [6, 6.07) is 5.06. The van der Waals surface area contributed by atoms with Crippen molar-refractivity contribution in [1.29, 1.82) is 0 Å². The van der Waals surface area contributed by atoms with Crippen LogP contribution in [0.3, 0.4) is 0 Å². The van der Waals surface area contributed by atoms with Gasteiger partial charge in [-0.1, -0.05) is 0 Å². The summed E-state index contributed by atoms with van der Waals surface area (Å²) in [6.07, 6.45) is 2.41. The van der Waals surface area contributed by atoms with E-state index in [-0.39, 0.29) is 4.90 Å². The first-order valence-corrected chi connectivity index (χ1v) is 8.56. The highest BCUT2D eigenvalue weighted by Gasteiger charge is 2.32. The van der Waals surface area contributed by atoms with Crippen LogP contribution in [-0.4, -0.2) is 34.7 Å². The predicted octanol–water partition coefficient (Wildman–Crippen LogP) is 1.17. The Hall–Kier alpha value is -1.31. The highest BCUT2D eigenvalue weighted by atomic mass is 32.2. The zero-order chi connectivity index (χ0) is 15.6. The molecule has 1 aliphatic carbocycles. The molecule has 0 aliphatic heterocycles. The number of nitrogens with two attached hydrogens (primary N) is 2. The van der Waals surface area contributed by atoms with Crippen LogP contribution < -0.4 is 15.8 Å². The number of benzene rings is 1. The van der Waals surface area contributed by atoms with E-state index < -0.39 is 10.0 Å². The maximum Gasteiger partial charge on any atom is 0.238 e. The molecular formula is C14H23N3O3S. The van der Waals surface area contributed by atoms with Crippen LogP contribution in [0.25, 0.3) is 0 Å². The SMILES string of the molecule is COCCN(c1cc(N)cc(S(N)(=O)=O)c1)C(C)C1CC1. The molecule has 1 unspecified atom stereocenters. The van der Waals surface area contributed by atoms with Crippen LogP contribution >= 0.6 is 0 Å². The molecule has 0 aromatic heterocycles. The smallest absolute Gasteiger partial charge is 0.238 e. The van der Waals surface area contributed by atoms with Crippen molar-refractivity contribution >= 4 is 21.4 Å². The van der Waals surface area contributed by atoms with E-state index in [9.17, 15) is 8.42 Å². The predicted molar refractivity (Wildman–Crippen MR) is 83.6 cm³/mol. The van der Waals surface area contributed by atoms with Crippen LogP contribution in [0, 0.1) is 5.92 Å². The second-order valence-electron chi connectivity index (χ2n) is 5.57. The lowest BCUT2D eigenvalue weighted by molar-refractivity contribution is 0.202. The fraction of sp³-hybridized carbons (Fsp3) is 0.571. The molecule has 1 aromatic carbocycles. The van der Waals surface area contributed by atoms with Crippen LogP contribution in [0.2, 0.25) is 0 Å². The van der Waals surface area contributed by atoms with E-state index in [2.05, 4.69) is 11.8 Å². The van der Waals surface area contributed by atoms with Gasteiger partial charge in [0, 0.05) is 31.1 Å². The molecule has 1 atom stereocenters. The van der Waals surface area contributed by atoms with E-state index in [1.165, 1.54) is 18.9 Å². The third-order valence-electron chi connectivity index (χ3n) is 3.91. The number of anilines is 2. The molecule has 118 valence electrons. The third kappa shape index (κ3) is 4.09. The molecule has 0 bridgehead atoms. The van der Waals surface area contributed by atoms with E-state index in [0.29, 0.717) is 30.8 Å². The second kappa shape index (κ2) is 6.21. The van der Waals surface area contributed by atoms with Crippen molar-refractivity contribution in [2.75, 3.05) is 30.9 Å². The molecule has 0 saturated heterocycles.